The van der Waals surface area contributed by atoms with Crippen LogP contribution in [-0.2, 0) is 9.59 Å². The molecule has 1 aromatic carbocycles. The summed E-state index contributed by atoms with van der Waals surface area (Å²) in [5, 5.41) is 5.31. The van der Waals surface area contributed by atoms with E-state index in [1.807, 2.05) is 12.1 Å². The number of nitrogens with two attached hydrogens (primary N) is 1. The molecule has 0 aliphatic carbocycles. The summed E-state index contributed by atoms with van der Waals surface area (Å²) in [6, 6.07) is 8.25. The highest BCUT2D eigenvalue weighted by Gasteiger charge is 2.23. The molecule has 2 amide bonds. The molecule has 4 N–H and O–H groups in total. The number of anilines is 1. The van der Waals surface area contributed by atoms with Gasteiger partial charge >= 0.3 is 0 Å². The smallest absolute Gasteiger partial charge is 0.239 e. The Kier molecular flexibility index (Phi) is 6.21. The maximum atomic E-state index is 11.6. The molecule has 0 spiro atoms. The molecule has 7 heteroatoms. The topological polar surface area (TPSA) is 87.5 Å². The number of hydrogen-bond donors (Lipinski definition) is 3. The van der Waals surface area contributed by atoms with Crippen LogP contribution in [-0.4, -0.2) is 44.5 Å². The molecule has 1 aliphatic heterocycles. The second-order valence-electron chi connectivity index (χ2n) is 5.36. The summed E-state index contributed by atoms with van der Waals surface area (Å²) in [6.45, 7) is 2.44. The minimum atomic E-state index is -0.322. The summed E-state index contributed by atoms with van der Waals surface area (Å²) in [7, 11) is 0. The monoisotopic (exact) mass is 368 g/mol. The number of amides is 2. The van der Waals surface area contributed by atoms with Crippen molar-refractivity contribution in [1.29, 1.82) is 0 Å². The van der Waals surface area contributed by atoms with Gasteiger partial charge in [-0.1, -0.05) is 15.9 Å². The van der Waals surface area contributed by atoms with Crippen LogP contribution in [0.5, 0.6) is 0 Å². The van der Waals surface area contributed by atoms with E-state index in [4.69, 9.17) is 5.73 Å². The minimum Gasteiger partial charge on any atom is -0.371 e. The largest absolute Gasteiger partial charge is 0.371 e. The lowest BCUT2D eigenvalue weighted by molar-refractivity contribution is -0.125. The van der Waals surface area contributed by atoms with E-state index in [1.165, 1.54) is 5.69 Å². The Balaban J connectivity index is 1.71. The molecule has 1 heterocycles. The van der Waals surface area contributed by atoms with Gasteiger partial charge in [-0.3, -0.25) is 9.59 Å². The lowest BCUT2D eigenvalue weighted by atomic mass is 10.1. The molecule has 0 radical (unpaired) electrons. The van der Waals surface area contributed by atoms with E-state index in [2.05, 4.69) is 43.6 Å². The zero-order valence-corrected chi connectivity index (χ0v) is 13.9. The molecule has 0 aromatic heterocycles. The van der Waals surface area contributed by atoms with Gasteiger partial charge in [0.1, 0.15) is 0 Å². The van der Waals surface area contributed by atoms with Crippen molar-refractivity contribution in [1.82, 2.24) is 10.6 Å². The molecule has 1 unspecified atom stereocenters. The molecular formula is C15H21BrN4O2. The van der Waals surface area contributed by atoms with Crippen LogP contribution >= 0.6 is 15.9 Å². The molecule has 22 heavy (non-hydrogen) atoms. The molecule has 1 aliphatic rings. The van der Waals surface area contributed by atoms with Gasteiger partial charge in [0.2, 0.25) is 11.8 Å². The molecule has 1 fully saturated rings. The Hall–Kier alpha value is -1.60. The number of carbonyl (C=O) groups is 2. The van der Waals surface area contributed by atoms with Crippen LogP contribution in [0, 0.1) is 5.92 Å². The quantitative estimate of drug-likeness (QED) is 0.680. The van der Waals surface area contributed by atoms with E-state index in [0.29, 0.717) is 12.5 Å². The summed E-state index contributed by atoms with van der Waals surface area (Å²) in [5.74, 6) is -0.0703. The van der Waals surface area contributed by atoms with E-state index in [1.54, 1.807) is 0 Å². The lowest BCUT2D eigenvalue weighted by Gasteiger charge is -2.19. The van der Waals surface area contributed by atoms with Crippen molar-refractivity contribution in [2.75, 3.05) is 37.6 Å². The van der Waals surface area contributed by atoms with Gasteiger partial charge in [0, 0.05) is 29.8 Å². The molecule has 1 aromatic rings. The van der Waals surface area contributed by atoms with Crippen molar-refractivity contribution in [2.45, 2.75) is 6.42 Å². The zero-order chi connectivity index (χ0) is 15.9. The van der Waals surface area contributed by atoms with Gasteiger partial charge in [-0.2, -0.15) is 0 Å². The molecule has 1 atom stereocenters. The summed E-state index contributed by atoms with van der Waals surface area (Å²) < 4.78 is 1.07. The van der Waals surface area contributed by atoms with Crippen molar-refractivity contribution in [2.24, 2.45) is 11.7 Å². The van der Waals surface area contributed by atoms with E-state index in [-0.39, 0.29) is 24.9 Å². The van der Waals surface area contributed by atoms with E-state index in [0.717, 1.165) is 24.0 Å². The second-order valence-corrected chi connectivity index (χ2v) is 6.28. The molecule has 2 rings (SSSR count). The van der Waals surface area contributed by atoms with Gasteiger partial charge in [0.25, 0.3) is 0 Å². The van der Waals surface area contributed by atoms with E-state index >= 15 is 0 Å². The van der Waals surface area contributed by atoms with Gasteiger partial charge in [0.15, 0.2) is 0 Å². The van der Waals surface area contributed by atoms with Crippen LogP contribution in [0.3, 0.4) is 0 Å². The fraction of sp³-hybridized carbons (Fsp3) is 0.467. The number of nitrogens with zero attached hydrogens (tertiary/aromatic N) is 1. The van der Waals surface area contributed by atoms with E-state index in [9.17, 15) is 9.59 Å². The van der Waals surface area contributed by atoms with Gasteiger partial charge in [0.05, 0.1) is 13.1 Å². The van der Waals surface area contributed by atoms with Crippen LogP contribution in [0.25, 0.3) is 0 Å². The number of carbonyl (C=O) groups excluding carboxylic acids is 2. The normalized spacial score (nSPS) is 17.4. The van der Waals surface area contributed by atoms with Crippen LogP contribution in [0.4, 0.5) is 5.69 Å². The Labute approximate surface area is 138 Å². The van der Waals surface area contributed by atoms with E-state index < -0.39 is 0 Å². The predicted molar refractivity (Wildman–Crippen MR) is 89.5 cm³/mol. The Morgan fingerprint density at radius 1 is 1.23 bits per heavy atom. The molecule has 0 bridgehead atoms. The van der Waals surface area contributed by atoms with Crippen molar-refractivity contribution in [3.05, 3.63) is 28.7 Å². The Bertz CT molecular complexity index is 521. The first-order valence-corrected chi connectivity index (χ1v) is 8.11. The molecular weight excluding hydrogens is 348 g/mol. The highest BCUT2D eigenvalue weighted by atomic mass is 79.9. The van der Waals surface area contributed by atoms with Gasteiger partial charge < -0.3 is 21.3 Å². The third-order valence-electron chi connectivity index (χ3n) is 3.70. The molecule has 6 nitrogen and oxygen atoms in total. The van der Waals surface area contributed by atoms with Crippen molar-refractivity contribution < 1.29 is 9.59 Å². The van der Waals surface area contributed by atoms with Crippen molar-refractivity contribution >= 4 is 33.4 Å². The minimum absolute atomic E-state index is 0.0147. The standard InChI is InChI=1S/C15H21BrN4O2/c16-12-1-3-13(4-2-12)20-6-5-11(10-20)8-18-15(22)9-19-14(21)7-17/h1-4,11H,5-10,17H2,(H,18,22)(H,19,21). The molecule has 0 saturated carbocycles. The lowest BCUT2D eigenvalue weighted by Crippen LogP contribution is -2.41. The third kappa shape index (κ3) is 4.99. The number of hydrogen-bond acceptors (Lipinski definition) is 4. The van der Waals surface area contributed by atoms with Crippen LogP contribution < -0.4 is 21.3 Å². The fourth-order valence-corrected chi connectivity index (χ4v) is 2.72. The van der Waals surface area contributed by atoms with Crippen LogP contribution in [0.1, 0.15) is 6.42 Å². The average Bonchev–Trinajstić information content (AvgIpc) is 3.00. The summed E-state index contributed by atoms with van der Waals surface area (Å²) >= 11 is 3.43. The van der Waals surface area contributed by atoms with Gasteiger partial charge in [-0.05, 0) is 36.6 Å². The van der Waals surface area contributed by atoms with Crippen LogP contribution in [0.15, 0.2) is 28.7 Å². The molecule has 1 saturated heterocycles. The number of rotatable bonds is 6. The Morgan fingerprint density at radius 2 is 1.95 bits per heavy atom. The summed E-state index contributed by atoms with van der Waals surface area (Å²) in [6.07, 6.45) is 1.05. The third-order valence-corrected chi connectivity index (χ3v) is 4.23. The SMILES string of the molecule is NCC(=O)NCC(=O)NCC1CCN(c2ccc(Br)cc2)C1. The highest BCUT2D eigenvalue weighted by Crippen LogP contribution is 2.24. The first kappa shape index (κ1) is 16.8. The predicted octanol–water partition coefficient (Wildman–Crippen LogP) is 0.467. The Morgan fingerprint density at radius 3 is 2.64 bits per heavy atom. The highest BCUT2D eigenvalue weighted by molar-refractivity contribution is 9.10. The number of benzene rings is 1. The first-order chi connectivity index (χ1) is 10.6. The summed E-state index contributed by atoms with van der Waals surface area (Å²) in [5.41, 5.74) is 6.36. The number of nitrogens with one attached hydrogen (secondary N) is 2. The average molecular weight is 369 g/mol. The second kappa shape index (κ2) is 8.14. The van der Waals surface area contributed by atoms with Crippen LogP contribution in [0.2, 0.25) is 0 Å². The van der Waals surface area contributed by atoms with Gasteiger partial charge in [-0.15, -0.1) is 0 Å². The van der Waals surface area contributed by atoms with Crippen molar-refractivity contribution in [3.63, 3.8) is 0 Å². The molecule has 120 valence electrons. The first-order valence-electron chi connectivity index (χ1n) is 7.32. The van der Waals surface area contributed by atoms with Crippen molar-refractivity contribution in [3.8, 4) is 0 Å². The van der Waals surface area contributed by atoms with Gasteiger partial charge in [-0.25, -0.2) is 0 Å². The zero-order valence-electron chi connectivity index (χ0n) is 12.3. The fourth-order valence-electron chi connectivity index (χ4n) is 2.46. The maximum absolute atomic E-state index is 11.6. The maximum Gasteiger partial charge on any atom is 0.239 e. The number of halogens is 1. The summed E-state index contributed by atoms with van der Waals surface area (Å²) in [4.78, 5) is 24.9.